The van der Waals surface area contributed by atoms with Crippen LogP contribution in [-0.2, 0) is 17.8 Å². The van der Waals surface area contributed by atoms with Gasteiger partial charge in [-0.1, -0.05) is 11.3 Å². The van der Waals surface area contributed by atoms with Crippen LogP contribution < -0.4 is 10.1 Å². The van der Waals surface area contributed by atoms with Gasteiger partial charge in [0.25, 0.3) is 0 Å². The molecule has 0 bridgehead atoms. The zero-order valence-corrected chi connectivity index (χ0v) is 14.0. The quantitative estimate of drug-likeness (QED) is 0.921. The molecule has 1 unspecified atom stereocenters. The van der Waals surface area contributed by atoms with Crippen LogP contribution in [0.15, 0.2) is 18.3 Å². The van der Waals surface area contributed by atoms with E-state index in [9.17, 15) is 9.18 Å². The first kappa shape index (κ1) is 15.5. The molecule has 2 aromatic rings. The van der Waals surface area contributed by atoms with Crippen LogP contribution in [0.5, 0.6) is 5.75 Å². The van der Waals surface area contributed by atoms with E-state index in [2.05, 4.69) is 20.2 Å². The Hall–Kier alpha value is -2.06. The van der Waals surface area contributed by atoms with Gasteiger partial charge >= 0.3 is 0 Å². The molecule has 1 amide bonds. The zero-order valence-electron chi connectivity index (χ0n) is 13.2. The number of thiazole rings is 1. The Balaban J connectivity index is 1.43. The average Bonchev–Trinajstić information content (AvgIpc) is 3.17. The van der Waals surface area contributed by atoms with Gasteiger partial charge in [0.05, 0.1) is 10.6 Å². The Labute approximate surface area is 142 Å². The van der Waals surface area contributed by atoms with Gasteiger partial charge in [0, 0.05) is 45.6 Å². The molecule has 2 aromatic heterocycles. The number of pyridine rings is 1. The lowest BCUT2D eigenvalue weighted by Gasteiger charge is -2.23. The number of carbonyl (C=O) groups is 1. The lowest BCUT2D eigenvalue weighted by molar-refractivity contribution is -0.114. The maximum absolute atomic E-state index is 14.0. The summed E-state index contributed by atoms with van der Waals surface area (Å²) in [5.41, 5.74) is 0.745. The summed E-state index contributed by atoms with van der Waals surface area (Å²) in [7, 11) is 0. The van der Waals surface area contributed by atoms with Crippen molar-refractivity contribution in [2.75, 3.05) is 18.4 Å². The molecule has 4 rings (SSSR count). The number of nitrogens with one attached hydrogen (secondary N) is 1. The second kappa shape index (κ2) is 5.78. The second-order valence-electron chi connectivity index (χ2n) is 6.28. The largest absolute Gasteiger partial charge is 0.484 e. The summed E-state index contributed by atoms with van der Waals surface area (Å²) in [6.45, 7) is 3.42. The third kappa shape index (κ3) is 2.87. The molecule has 1 atom stereocenters. The molecular weight excluding hydrogens is 331 g/mol. The molecule has 1 spiro atoms. The number of anilines is 1. The first-order valence-electron chi connectivity index (χ1n) is 7.81. The molecule has 0 aliphatic carbocycles. The van der Waals surface area contributed by atoms with Crippen LogP contribution in [0.2, 0.25) is 0 Å². The maximum atomic E-state index is 14.0. The highest BCUT2D eigenvalue weighted by Gasteiger charge is 2.45. The molecule has 2 aliphatic rings. The van der Waals surface area contributed by atoms with E-state index >= 15 is 0 Å². The Kier molecular flexibility index (Phi) is 3.73. The topological polar surface area (TPSA) is 67.4 Å². The highest BCUT2D eigenvalue weighted by molar-refractivity contribution is 7.15. The van der Waals surface area contributed by atoms with E-state index in [1.165, 1.54) is 18.3 Å². The van der Waals surface area contributed by atoms with Gasteiger partial charge in [-0.15, -0.1) is 0 Å². The van der Waals surface area contributed by atoms with Crippen LogP contribution in [0, 0.1) is 5.95 Å². The van der Waals surface area contributed by atoms with Gasteiger partial charge in [0.1, 0.15) is 11.4 Å². The summed E-state index contributed by atoms with van der Waals surface area (Å²) >= 11 is 1.18. The van der Waals surface area contributed by atoms with Gasteiger partial charge < -0.3 is 10.1 Å². The summed E-state index contributed by atoms with van der Waals surface area (Å²) < 4.78 is 20.1. The molecule has 2 aliphatic heterocycles. The lowest BCUT2D eigenvalue weighted by atomic mass is 9.99. The molecule has 6 nitrogen and oxygen atoms in total. The highest BCUT2D eigenvalue weighted by Crippen LogP contribution is 2.39. The summed E-state index contributed by atoms with van der Waals surface area (Å²) in [6.07, 6.45) is 3.47. The molecule has 0 aromatic carbocycles. The summed E-state index contributed by atoms with van der Waals surface area (Å²) in [5.74, 6) is 0.0957. The second-order valence-corrected chi connectivity index (χ2v) is 7.37. The standard InChI is InChI=1S/C16H17FN4O2S/c1-10(22)19-15-20-14(17)13(24-15)8-21-6-4-16(9-21)7-11-12(23-16)3-2-5-18-11/h2-3,5H,4,6-9H2,1H3,(H,19,20,22). The van der Waals surface area contributed by atoms with E-state index in [-0.39, 0.29) is 11.5 Å². The van der Waals surface area contributed by atoms with Gasteiger partial charge in [-0.05, 0) is 12.1 Å². The van der Waals surface area contributed by atoms with E-state index in [0.717, 1.165) is 37.4 Å². The van der Waals surface area contributed by atoms with E-state index < -0.39 is 5.95 Å². The minimum atomic E-state index is -0.512. The lowest BCUT2D eigenvalue weighted by Crippen LogP contribution is -2.37. The van der Waals surface area contributed by atoms with E-state index in [4.69, 9.17) is 4.74 Å². The van der Waals surface area contributed by atoms with Gasteiger partial charge in [0.2, 0.25) is 11.9 Å². The Bertz CT molecular complexity index is 769. The molecule has 0 radical (unpaired) electrons. The van der Waals surface area contributed by atoms with Crippen molar-refractivity contribution in [2.45, 2.75) is 31.9 Å². The van der Waals surface area contributed by atoms with Crippen LogP contribution in [0.4, 0.5) is 9.52 Å². The number of rotatable bonds is 3. The number of hydrogen-bond donors (Lipinski definition) is 1. The summed E-state index contributed by atoms with van der Waals surface area (Å²) in [4.78, 5) is 21.9. The highest BCUT2D eigenvalue weighted by atomic mass is 32.1. The molecule has 1 N–H and O–H groups in total. The normalized spacial score (nSPS) is 22.6. The first-order valence-corrected chi connectivity index (χ1v) is 8.63. The predicted octanol–water partition coefficient (Wildman–Crippen LogP) is 2.22. The summed E-state index contributed by atoms with van der Waals surface area (Å²) in [6, 6.07) is 3.82. The maximum Gasteiger partial charge on any atom is 0.230 e. The van der Waals surface area contributed by atoms with Crippen LogP contribution >= 0.6 is 11.3 Å². The number of halogens is 1. The first-order chi connectivity index (χ1) is 11.5. The van der Waals surface area contributed by atoms with E-state index in [1.807, 2.05) is 12.1 Å². The van der Waals surface area contributed by atoms with Crippen molar-refractivity contribution in [2.24, 2.45) is 0 Å². The monoisotopic (exact) mass is 348 g/mol. The number of likely N-dealkylation sites (tertiary alicyclic amines) is 1. The smallest absolute Gasteiger partial charge is 0.230 e. The number of carbonyl (C=O) groups excluding carboxylic acids is 1. The predicted molar refractivity (Wildman–Crippen MR) is 87.6 cm³/mol. The van der Waals surface area contributed by atoms with Crippen molar-refractivity contribution >= 4 is 22.4 Å². The molecular formula is C16H17FN4O2S. The van der Waals surface area contributed by atoms with Crippen molar-refractivity contribution in [1.29, 1.82) is 0 Å². The fraction of sp³-hybridized carbons (Fsp3) is 0.438. The van der Waals surface area contributed by atoms with Gasteiger partial charge in [-0.3, -0.25) is 14.7 Å². The molecule has 24 heavy (non-hydrogen) atoms. The zero-order chi connectivity index (χ0) is 16.7. The number of aromatic nitrogens is 2. The number of ether oxygens (including phenoxy) is 1. The number of amides is 1. The fourth-order valence-corrected chi connectivity index (χ4v) is 4.28. The van der Waals surface area contributed by atoms with Crippen LogP contribution in [0.1, 0.15) is 23.9 Å². The van der Waals surface area contributed by atoms with Crippen molar-refractivity contribution in [3.05, 3.63) is 34.8 Å². The van der Waals surface area contributed by atoms with E-state index in [0.29, 0.717) is 16.6 Å². The molecule has 8 heteroatoms. The number of fused-ring (bicyclic) bond motifs is 1. The van der Waals surface area contributed by atoms with Crippen LogP contribution in [0.3, 0.4) is 0 Å². The van der Waals surface area contributed by atoms with Gasteiger partial charge in [-0.25, -0.2) is 0 Å². The van der Waals surface area contributed by atoms with Crippen LogP contribution in [-0.4, -0.2) is 39.5 Å². The van der Waals surface area contributed by atoms with Crippen LogP contribution in [0.25, 0.3) is 0 Å². The Morgan fingerprint density at radius 2 is 2.46 bits per heavy atom. The molecule has 1 fully saturated rings. The number of hydrogen-bond acceptors (Lipinski definition) is 6. The number of nitrogens with zero attached hydrogens (tertiary/aromatic N) is 3. The minimum absolute atomic E-state index is 0.250. The van der Waals surface area contributed by atoms with Crippen molar-refractivity contribution < 1.29 is 13.9 Å². The molecule has 1 saturated heterocycles. The molecule has 4 heterocycles. The third-order valence-electron chi connectivity index (χ3n) is 4.36. The van der Waals surface area contributed by atoms with Gasteiger partial charge in [-0.2, -0.15) is 9.37 Å². The van der Waals surface area contributed by atoms with E-state index in [1.54, 1.807) is 6.20 Å². The minimum Gasteiger partial charge on any atom is -0.484 e. The van der Waals surface area contributed by atoms with Crippen molar-refractivity contribution in [3.8, 4) is 5.75 Å². The SMILES string of the molecule is CC(=O)Nc1nc(F)c(CN2CCC3(Cc4ncccc4O3)C2)s1. The fourth-order valence-electron chi connectivity index (χ4n) is 3.35. The average molecular weight is 348 g/mol. The van der Waals surface area contributed by atoms with Gasteiger partial charge in [0.15, 0.2) is 5.13 Å². The van der Waals surface area contributed by atoms with Crippen molar-refractivity contribution in [3.63, 3.8) is 0 Å². The Morgan fingerprint density at radius 1 is 1.58 bits per heavy atom. The molecule has 0 saturated carbocycles. The Morgan fingerprint density at radius 3 is 3.25 bits per heavy atom. The molecule has 126 valence electrons. The van der Waals surface area contributed by atoms with Crippen molar-refractivity contribution in [1.82, 2.24) is 14.9 Å². The summed E-state index contributed by atoms with van der Waals surface area (Å²) in [5, 5.41) is 2.83. The third-order valence-corrected chi connectivity index (χ3v) is 5.29.